The van der Waals surface area contributed by atoms with Crippen LogP contribution in [0.5, 0.6) is 0 Å². The first-order valence-corrected chi connectivity index (χ1v) is 6.97. The van der Waals surface area contributed by atoms with Gasteiger partial charge in [0.25, 0.3) is 0 Å². The van der Waals surface area contributed by atoms with E-state index in [9.17, 15) is 4.79 Å². The first-order valence-electron chi connectivity index (χ1n) is 6.97. The summed E-state index contributed by atoms with van der Waals surface area (Å²) in [6.45, 7) is 8.71. The van der Waals surface area contributed by atoms with Crippen LogP contribution in [0, 0.1) is 5.92 Å². The van der Waals surface area contributed by atoms with E-state index in [2.05, 4.69) is 22.5 Å². The third kappa shape index (κ3) is 5.23. The number of aliphatic hydroxyl groups is 1. The van der Waals surface area contributed by atoms with E-state index in [1.54, 1.807) is 0 Å². The highest BCUT2D eigenvalue weighted by Gasteiger charge is 2.27. The van der Waals surface area contributed by atoms with E-state index >= 15 is 0 Å². The van der Waals surface area contributed by atoms with E-state index in [1.165, 1.54) is 12.8 Å². The molecule has 0 spiro atoms. The van der Waals surface area contributed by atoms with Crippen molar-refractivity contribution in [2.24, 2.45) is 5.92 Å². The summed E-state index contributed by atoms with van der Waals surface area (Å²) >= 11 is 0. The summed E-state index contributed by atoms with van der Waals surface area (Å²) in [5.41, 5.74) is 0. The molecule has 2 unspecified atom stereocenters. The van der Waals surface area contributed by atoms with Gasteiger partial charge in [-0.15, -0.1) is 0 Å². The van der Waals surface area contributed by atoms with Crippen molar-refractivity contribution in [3.05, 3.63) is 0 Å². The quantitative estimate of drug-likeness (QED) is 0.602. The highest BCUT2D eigenvalue weighted by molar-refractivity contribution is 5.74. The van der Waals surface area contributed by atoms with E-state index in [0.29, 0.717) is 6.54 Å². The number of amides is 2. The fourth-order valence-electron chi connectivity index (χ4n) is 1.91. The highest BCUT2D eigenvalue weighted by Crippen LogP contribution is 2.25. The molecule has 3 N–H and O–H groups in total. The number of urea groups is 1. The van der Waals surface area contributed by atoms with Crippen LogP contribution in [0.3, 0.4) is 0 Å². The van der Waals surface area contributed by atoms with Gasteiger partial charge >= 0.3 is 6.03 Å². The lowest BCUT2D eigenvalue weighted by Gasteiger charge is -2.22. The predicted octanol–water partition coefficient (Wildman–Crippen LogP) is 0.787. The summed E-state index contributed by atoms with van der Waals surface area (Å²) in [6, 6.07) is 0.587. The van der Waals surface area contributed by atoms with Gasteiger partial charge in [-0.25, -0.2) is 4.79 Å². The molecule has 0 aromatic rings. The van der Waals surface area contributed by atoms with E-state index in [0.717, 1.165) is 19.1 Å². The van der Waals surface area contributed by atoms with Crippen LogP contribution in [0.2, 0.25) is 0 Å². The Bertz CT molecular complexity index is 257. The van der Waals surface area contributed by atoms with Gasteiger partial charge in [-0.2, -0.15) is 0 Å². The average molecular weight is 257 g/mol. The molecule has 0 aromatic heterocycles. The summed E-state index contributed by atoms with van der Waals surface area (Å²) in [7, 11) is 0. The molecule has 0 radical (unpaired) electrons. The largest absolute Gasteiger partial charge is 0.396 e. The minimum absolute atomic E-state index is 0.0132. The van der Waals surface area contributed by atoms with Crippen molar-refractivity contribution in [3.63, 3.8) is 0 Å². The smallest absolute Gasteiger partial charge is 0.315 e. The lowest BCUT2D eigenvalue weighted by atomic mass is 10.1. The number of likely N-dealkylation sites (N-methyl/N-ethyl adjacent to an activating group) is 1. The molecule has 0 aliphatic heterocycles. The standard InChI is InChI=1S/C13H27N3O2/c1-4-16(12-5-6-12)8-7-14-13(18)15-11(3)10(2)9-17/h10-12,17H,4-9H2,1-3H3,(H2,14,15,18). The molecule has 2 amide bonds. The Morgan fingerprint density at radius 2 is 2.11 bits per heavy atom. The van der Waals surface area contributed by atoms with Crippen molar-refractivity contribution in [3.8, 4) is 0 Å². The first-order chi connectivity index (χ1) is 8.58. The van der Waals surface area contributed by atoms with Gasteiger partial charge in [0.2, 0.25) is 0 Å². The second-order valence-electron chi connectivity index (χ2n) is 5.21. The molecule has 2 atom stereocenters. The van der Waals surface area contributed by atoms with E-state index < -0.39 is 0 Å². The van der Waals surface area contributed by atoms with Crippen molar-refractivity contribution >= 4 is 6.03 Å². The van der Waals surface area contributed by atoms with Gasteiger partial charge < -0.3 is 15.7 Å². The molecule has 1 aliphatic rings. The van der Waals surface area contributed by atoms with Gasteiger partial charge in [0, 0.05) is 31.8 Å². The predicted molar refractivity (Wildman–Crippen MR) is 72.5 cm³/mol. The summed E-state index contributed by atoms with van der Waals surface area (Å²) in [5.74, 6) is 0.0781. The van der Waals surface area contributed by atoms with E-state index in [4.69, 9.17) is 5.11 Å². The minimum Gasteiger partial charge on any atom is -0.396 e. The Morgan fingerprint density at radius 3 is 2.61 bits per heavy atom. The molecule has 0 bridgehead atoms. The SMILES string of the molecule is CCN(CCNC(=O)NC(C)C(C)CO)C1CC1. The molecule has 18 heavy (non-hydrogen) atoms. The molecular weight excluding hydrogens is 230 g/mol. The number of hydrogen-bond acceptors (Lipinski definition) is 3. The molecule has 1 saturated carbocycles. The molecule has 1 aliphatic carbocycles. The molecule has 5 heteroatoms. The van der Waals surface area contributed by atoms with Gasteiger partial charge in [0.05, 0.1) is 0 Å². The topological polar surface area (TPSA) is 64.6 Å². The van der Waals surface area contributed by atoms with Crippen molar-refractivity contribution in [2.45, 2.75) is 45.7 Å². The maximum absolute atomic E-state index is 11.6. The van der Waals surface area contributed by atoms with Crippen LogP contribution in [0.1, 0.15) is 33.6 Å². The molecule has 5 nitrogen and oxygen atoms in total. The molecule has 0 saturated heterocycles. The zero-order chi connectivity index (χ0) is 13.5. The summed E-state index contributed by atoms with van der Waals surface area (Å²) in [6.07, 6.45) is 2.59. The number of hydrogen-bond donors (Lipinski definition) is 3. The second-order valence-corrected chi connectivity index (χ2v) is 5.21. The number of rotatable bonds is 8. The number of carbonyl (C=O) groups excluding carboxylic acids is 1. The summed E-state index contributed by atoms with van der Waals surface area (Å²) in [5, 5.41) is 14.7. The number of aliphatic hydroxyl groups excluding tert-OH is 1. The third-order valence-corrected chi connectivity index (χ3v) is 3.65. The van der Waals surface area contributed by atoms with Crippen LogP contribution >= 0.6 is 0 Å². The number of nitrogens with zero attached hydrogens (tertiary/aromatic N) is 1. The Kier molecular flexibility index (Phi) is 6.43. The van der Waals surface area contributed by atoms with Crippen molar-refractivity contribution in [2.75, 3.05) is 26.2 Å². The van der Waals surface area contributed by atoms with Crippen molar-refractivity contribution in [1.29, 1.82) is 0 Å². The van der Waals surface area contributed by atoms with Crippen molar-refractivity contribution in [1.82, 2.24) is 15.5 Å². The normalized spacial score (nSPS) is 18.5. The summed E-state index contributed by atoms with van der Waals surface area (Å²) < 4.78 is 0. The van der Waals surface area contributed by atoms with Crippen LogP contribution in [0.25, 0.3) is 0 Å². The maximum atomic E-state index is 11.6. The fourth-order valence-corrected chi connectivity index (χ4v) is 1.91. The van der Waals surface area contributed by atoms with E-state index in [-0.39, 0.29) is 24.6 Å². The Hall–Kier alpha value is -0.810. The van der Waals surface area contributed by atoms with Gasteiger partial charge in [0.1, 0.15) is 0 Å². The molecule has 0 heterocycles. The molecular formula is C13H27N3O2. The average Bonchev–Trinajstić information content (AvgIpc) is 3.17. The van der Waals surface area contributed by atoms with Crippen LogP contribution < -0.4 is 10.6 Å². The molecule has 106 valence electrons. The molecule has 0 aromatic carbocycles. The Balaban J connectivity index is 2.12. The van der Waals surface area contributed by atoms with Crippen molar-refractivity contribution < 1.29 is 9.90 Å². The van der Waals surface area contributed by atoms with Gasteiger partial charge in [-0.05, 0) is 32.2 Å². The minimum atomic E-state index is -0.144. The zero-order valence-electron chi connectivity index (χ0n) is 11.8. The third-order valence-electron chi connectivity index (χ3n) is 3.65. The van der Waals surface area contributed by atoms with Gasteiger partial charge in [0.15, 0.2) is 0 Å². The van der Waals surface area contributed by atoms with E-state index in [1.807, 2.05) is 13.8 Å². The Morgan fingerprint density at radius 1 is 1.44 bits per heavy atom. The second kappa shape index (κ2) is 7.59. The van der Waals surface area contributed by atoms with Gasteiger partial charge in [-0.3, -0.25) is 4.90 Å². The highest BCUT2D eigenvalue weighted by atomic mass is 16.3. The van der Waals surface area contributed by atoms with Crippen LogP contribution in [0.15, 0.2) is 0 Å². The lowest BCUT2D eigenvalue weighted by Crippen LogP contribution is -2.46. The van der Waals surface area contributed by atoms with Gasteiger partial charge in [-0.1, -0.05) is 13.8 Å². The van der Waals surface area contributed by atoms with Crippen LogP contribution in [-0.4, -0.2) is 54.4 Å². The number of carbonyl (C=O) groups is 1. The molecule has 1 fully saturated rings. The lowest BCUT2D eigenvalue weighted by molar-refractivity contribution is 0.199. The first kappa shape index (κ1) is 15.2. The van der Waals surface area contributed by atoms with Crippen LogP contribution in [-0.2, 0) is 0 Å². The summed E-state index contributed by atoms with van der Waals surface area (Å²) in [4.78, 5) is 14.0. The number of nitrogens with one attached hydrogen (secondary N) is 2. The van der Waals surface area contributed by atoms with Crippen LogP contribution in [0.4, 0.5) is 4.79 Å². The zero-order valence-corrected chi connectivity index (χ0v) is 11.8. The maximum Gasteiger partial charge on any atom is 0.315 e. The molecule has 1 rings (SSSR count). The monoisotopic (exact) mass is 257 g/mol. The fraction of sp³-hybridized carbons (Fsp3) is 0.923. The Labute approximate surface area is 110 Å².